The Labute approximate surface area is 94.2 Å². The van der Waals surface area contributed by atoms with Crippen molar-refractivity contribution in [3.05, 3.63) is 23.2 Å². The molecule has 0 radical (unpaired) electrons. The standard InChI is InChI=1S/C12H14N2O2/c1-8-6-10(9(2)16-8)11(15)14-12(7-13)4-3-5-12/h6H,3-5H2,1-2H3,(H,14,15). The van der Waals surface area contributed by atoms with E-state index in [1.54, 1.807) is 19.9 Å². The summed E-state index contributed by atoms with van der Waals surface area (Å²) in [6.45, 7) is 3.55. The Balaban J connectivity index is 2.15. The van der Waals surface area contributed by atoms with Crippen molar-refractivity contribution < 1.29 is 9.21 Å². The van der Waals surface area contributed by atoms with Gasteiger partial charge in [0.05, 0.1) is 11.6 Å². The highest BCUT2D eigenvalue weighted by molar-refractivity contribution is 5.96. The molecule has 16 heavy (non-hydrogen) atoms. The molecule has 1 aromatic rings. The molecule has 0 spiro atoms. The maximum absolute atomic E-state index is 11.9. The third kappa shape index (κ3) is 1.69. The van der Waals surface area contributed by atoms with Gasteiger partial charge in [0, 0.05) is 0 Å². The molecule has 0 saturated heterocycles. The third-order valence-electron chi connectivity index (χ3n) is 3.06. The Kier molecular flexibility index (Phi) is 2.47. The second kappa shape index (κ2) is 3.67. The van der Waals surface area contributed by atoms with Crippen LogP contribution in [0, 0.1) is 25.2 Å². The zero-order chi connectivity index (χ0) is 11.8. The van der Waals surface area contributed by atoms with Gasteiger partial charge in [-0.05, 0) is 39.2 Å². The van der Waals surface area contributed by atoms with Crippen LogP contribution < -0.4 is 5.32 Å². The van der Waals surface area contributed by atoms with E-state index in [0.29, 0.717) is 17.1 Å². The minimum atomic E-state index is -0.644. The molecule has 1 amide bonds. The molecule has 2 rings (SSSR count). The summed E-state index contributed by atoms with van der Waals surface area (Å²) in [5.74, 6) is 1.10. The summed E-state index contributed by atoms with van der Waals surface area (Å²) in [6.07, 6.45) is 2.48. The second-order valence-corrected chi connectivity index (χ2v) is 4.33. The maximum Gasteiger partial charge on any atom is 0.256 e. The van der Waals surface area contributed by atoms with Gasteiger partial charge >= 0.3 is 0 Å². The highest BCUT2D eigenvalue weighted by Crippen LogP contribution is 2.31. The van der Waals surface area contributed by atoms with Crippen LogP contribution in [0.3, 0.4) is 0 Å². The van der Waals surface area contributed by atoms with Crippen molar-refractivity contribution in [1.29, 1.82) is 5.26 Å². The van der Waals surface area contributed by atoms with E-state index in [4.69, 9.17) is 9.68 Å². The van der Waals surface area contributed by atoms with Gasteiger partial charge < -0.3 is 9.73 Å². The van der Waals surface area contributed by atoms with E-state index in [0.717, 1.165) is 19.3 Å². The number of carbonyl (C=O) groups is 1. The Morgan fingerprint density at radius 1 is 1.56 bits per heavy atom. The number of aryl methyl sites for hydroxylation is 2. The molecule has 84 valence electrons. The van der Waals surface area contributed by atoms with Gasteiger partial charge in [-0.25, -0.2) is 0 Å². The molecule has 1 heterocycles. The lowest BCUT2D eigenvalue weighted by Gasteiger charge is -2.35. The monoisotopic (exact) mass is 218 g/mol. The van der Waals surface area contributed by atoms with Crippen molar-refractivity contribution in [2.45, 2.75) is 38.6 Å². The molecular formula is C12H14N2O2. The number of hydrogen-bond donors (Lipinski definition) is 1. The van der Waals surface area contributed by atoms with Crippen LogP contribution in [0.25, 0.3) is 0 Å². The molecule has 0 bridgehead atoms. The van der Waals surface area contributed by atoms with Crippen molar-refractivity contribution in [1.82, 2.24) is 5.32 Å². The molecule has 1 N–H and O–H groups in total. The summed E-state index contributed by atoms with van der Waals surface area (Å²) >= 11 is 0. The number of hydrogen-bond acceptors (Lipinski definition) is 3. The Bertz CT molecular complexity index is 464. The minimum absolute atomic E-state index is 0.212. The van der Waals surface area contributed by atoms with Crippen LogP contribution >= 0.6 is 0 Å². The fraction of sp³-hybridized carbons (Fsp3) is 0.500. The van der Waals surface area contributed by atoms with E-state index in [1.165, 1.54) is 0 Å². The Morgan fingerprint density at radius 3 is 2.62 bits per heavy atom. The first-order chi connectivity index (χ1) is 7.56. The van der Waals surface area contributed by atoms with E-state index < -0.39 is 5.54 Å². The molecule has 1 aliphatic carbocycles. The maximum atomic E-state index is 11.9. The lowest BCUT2D eigenvalue weighted by Crippen LogP contribution is -2.52. The molecular weight excluding hydrogens is 204 g/mol. The number of furan rings is 1. The van der Waals surface area contributed by atoms with Crippen LogP contribution in [-0.2, 0) is 0 Å². The van der Waals surface area contributed by atoms with Crippen LogP contribution in [0.2, 0.25) is 0 Å². The molecule has 1 aromatic heterocycles. The van der Waals surface area contributed by atoms with E-state index in [9.17, 15) is 4.79 Å². The van der Waals surface area contributed by atoms with Gasteiger partial charge in [0.25, 0.3) is 5.91 Å². The number of amides is 1. The van der Waals surface area contributed by atoms with Gasteiger partial charge in [-0.15, -0.1) is 0 Å². The van der Waals surface area contributed by atoms with E-state index in [1.807, 2.05) is 0 Å². The van der Waals surface area contributed by atoms with E-state index >= 15 is 0 Å². The summed E-state index contributed by atoms with van der Waals surface area (Å²) in [6, 6.07) is 3.88. The van der Waals surface area contributed by atoms with Crippen LogP contribution in [0.1, 0.15) is 41.1 Å². The summed E-state index contributed by atoms with van der Waals surface area (Å²) < 4.78 is 5.29. The van der Waals surface area contributed by atoms with Crippen molar-refractivity contribution in [3.63, 3.8) is 0 Å². The second-order valence-electron chi connectivity index (χ2n) is 4.33. The molecule has 0 unspecified atom stereocenters. The average Bonchev–Trinajstić information content (AvgIpc) is 2.51. The average molecular weight is 218 g/mol. The number of nitriles is 1. The topological polar surface area (TPSA) is 66.0 Å². The van der Waals surface area contributed by atoms with E-state index in [-0.39, 0.29) is 5.91 Å². The van der Waals surface area contributed by atoms with Gasteiger partial charge in [0.2, 0.25) is 0 Å². The molecule has 1 aliphatic rings. The highest BCUT2D eigenvalue weighted by Gasteiger charge is 2.39. The van der Waals surface area contributed by atoms with Crippen molar-refractivity contribution >= 4 is 5.91 Å². The fourth-order valence-corrected chi connectivity index (χ4v) is 1.94. The quantitative estimate of drug-likeness (QED) is 0.826. The minimum Gasteiger partial charge on any atom is -0.466 e. The largest absolute Gasteiger partial charge is 0.466 e. The third-order valence-corrected chi connectivity index (χ3v) is 3.06. The van der Waals surface area contributed by atoms with Crippen molar-refractivity contribution in [2.24, 2.45) is 0 Å². The van der Waals surface area contributed by atoms with Gasteiger partial charge in [0.15, 0.2) is 0 Å². The molecule has 4 heteroatoms. The molecule has 0 atom stereocenters. The summed E-state index contributed by atoms with van der Waals surface area (Å²) in [5, 5.41) is 11.8. The van der Waals surface area contributed by atoms with Crippen LogP contribution in [-0.4, -0.2) is 11.4 Å². The van der Waals surface area contributed by atoms with Crippen molar-refractivity contribution in [2.75, 3.05) is 0 Å². The summed E-state index contributed by atoms with van der Waals surface area (Å²) in [5.41, 5.74) is -0.117. The summed E-state index contributed by atoms with van der Waals surface area (Å²) in [4.78, 5) is 11.9. The predicted molar refractivity (Wildman–Crippen MR) is 57.8 cm³/mol. The van der Waals surface area contributed by atoms with Crippen LogP contribution in [0.15, 0.2) is 10.5 Å². The van der Waals surface area contributed by atoms with Gasteiger partial charge in [-0.2, -0.15) is 5.26 Å². The van der Waals surface area contributed by atoms with Crippen molar-refractivity contribution in [3.8, 4) is 6.07 Å². The first-order valence-corrected chi connectivity index (χ1v) is 5.37. The number of carbonyl (C=O) groups excluding carboxylic acids is 1. The SMILES string of the molecule is Cc1cc(C(=O)NC2(C#N)CCC2)c(C)o1. The molecule has 1 saturated carbocycles. The zero-order valence-electron chi connectivity index (χ0n) is 9.46. The molecule has 1 fully saturated rings. The van der Waals surface area contributed by atoms with Gasteiger partial charge in [-0.3, -0.25) is 4.79 Å². The summed E-state index contributed by atoms with van der Waals surface area (Å²) in [7, 11) is 0. The highest BCUT2D eigenvalue weighted by atomic mass is 16.3. The van der Waals surface area contributed by atoms with Crippen LogP contribution in [0.4, 0.5) is 0 Å². The molecule has 0 aliphatic heterocycles. The Morgan fingerprint density at radius 2 is 2.25 bits per heavy atom. The Hall–Kier alpha value is -1.76. The van der Waals surface area contributed by atoms with Gasteiger partial charge in [0.1, 0.15) is 17.1 Å². The first kappa shape index (κ1) is 10.7. The number of nitrogens with zero attached hydrogens (tertiary/aromatic N) is 1. The van der Waals surface area contributed by atoms with Crippen LogP contribution in [0.5, 0.6) is 0 Å². The molecule has 0 aromatic carbocycles. The lowest BCUT2D eigenvalue weighted by molar-refractivity contribution is 0.0880. The smallest absolute Gasteiger partial charge is 0.256 e. The fourth-order valence-electron chi connectivity index (χ4n) is 1.94. The lowest BCUT2D eigenvalue weighted by atomic mass is 9.78. The normalized spacial score (nSPS) is 17.3. The van der Waals surface area contributed by atoms with E-state index in [2.05, 4.69) is 11.4 Å². The number of nitrogens with one attached hydrogen (secondary N) is 1. The number of rotatable bonds is 2. The van der Waals surface area contributed by atoms with Gasteiger partial charge in [-0.1, -0.05) is 0 Å². The zero-order valence-corrected chi connectivity index (χ0v) is 9.46. The first-order valence-electron chi connectivity index (χ1n) is 5.37. The molecule has 4 nitrogen and oxygen atoms in total. The predicted octanol–water partition coefficient (Wildman–Crippen LogP) is 2.07.